The summed E-state index contributed by atoms with van der Waals surface area (Å²) < 4.78 is 54.6. The Bertz CT molecular complexity index is 383. The molecular formula is C13H17F4NO. The molecule has 1 aromatic carbocycles. The summed E-state index contributed by atoms with van der Waals surface area (Å²) in [5.74, 6) is -0.0501. The number of alkyl halides is 4. The first kappa shape index (κ1) is 15.8. The van der Waals surface area contributed by atoms with Crippen LogP contribution in [0.4, 0.5) is 17.6 Å². The minimum Gasteiger partial charge on any atom is -0.435 e. The lowest BCUT2D eigenvalue weighted by molar-refractivity contribution is -0.0499. The molecule has 108 valence electrons. The smallest absolute Gasteiger partial charge is 0.387 e. The lowest BCUT2D eigenvalue weighted by atomic mass is 9.92. The fourth-order valence-electron chi connectivity index (χ4n) is 1.67. The largest absolute Gasteiger partial charge is 0.435 e. The van der Waals surface area contributed by atoms with Gasteiger partial charge in [-0.05, 0) is 37.6 Å². The monoisotopic (exact) mass is 279 g/mol. The van der Waals surface area contributed by atoms with E-state index in [4.69, 9.17) is 0 Å². The number of benzene rings is 1. The van der Waals surface area contributed by atoms with Crippen molar-refractivity contribution in [1.82, 2.24) is 5.32 Å². The zero-order chi connectivity index (χ0) is 14.5. The molecule has 2 nitrogen and oxygen atoms in total. The van der Waals surface area contributed by atoms with Gasteiger partial charge in [-0.1, -0.05) is 19.1 Å². The lowest BCUT2D eigenvalue weighted by Gasteiger charge is -2.30. The predicted octanol–water partition coefficient (Wildman–Crippen LogP) is 3.77. The zero-order valence-corrected chi connectivity index (χ0v) is 10.8. The highest BCUT2D eigenvalue weighted by atomic mass is 19.3. The van der Waals surface area contributed by atoms with E-state index in [9.17, 15) is 17.6 Å². The molecule has 19 heavy (non-hydrogen) atoms. The van der Waals surface area contributed by atoms with E-state index in [2.05, 4.69) is 10.1 Å². The number of ether oxygens (including phenoxy) is 1. The van der Waals surface area contributed by atoms with E-state index in [-0.39, 0.29) is 5.75 Å². The summed E-state index contributed by atoms with van der Waals surface area (Å²) >= 11 is 0. The molecule has 0 saturated heterocycles. The van der Waals surface area contributed by atoms with Crippen LogP contribution in [0.1, 0.15) is 25.8 Å². The molecule has 0 amide bonds. The van der Waals surface area contributed by atoms with Crippen molar-refractivity contribution in [2.75, 3.05) is 6.54 Å². The minimum atomic E-state index is -2.93. The van der Waals surface area contributed by atoms with Crippen LogP contribution in [0.5, 0.6) is 5.75 Å². The van der Waals surface area contributed by atoms with E-state index in [1.165, 1.54) is 31.2 Å². The van der Waals surface area contributed by atoms with E-state index in [1.54, 1.807) is 0 Å². The Morgan fingerprint density at radius 2 is 1.74 bits per heavy atom. The van der Waals surface area contributed by atoms with Gasteiger partial charge < -0.3 is 10.1 Å². The van der Waals surface area contributed by atoms with Gasteiger partial charge in [-0.25, -0.2) is 8.78 Å². The summed E-state index contributed by atoms with van der Waals surface area (Å²) in [5.41, 5.74) is -1.17. The van der Waals surface area contributed by atoms with Crippen molar-refractivity contribution in [3.63, 3.8) is 0 Å². The third-order valence-corrected chi connectivity index (χ3v) is 2.86. The van der Waals surface area contributed by atoms with E-state index >= 15 is 0 Å². The van der Waals surface area contributed by atoms with Gasteiger partial charge in [0, 0.05) is 0 Å². The van der Waals surface area contributed by atoms with Crippen molar-refractivity contribution in [3.8, 4) is 5.75 Å². The number of hydrogen-bond acceptors (Lipinski definition) is 2. The van der Waals surface area contributed by atoms with Gasteiger partial charge in [0.15, 0.2) is 0 Å². The fourth-order valence-corrected chi connectivity index (χ4v) is 1.67. The van der Waals surface area contributed by atoms with Crippen LogP contribution in [0.25, 0.3) is 0 Å². The third kappa shape index (κ3) is 4.09. The Morgan fingerprint density at radius 1 is 1.16 bits per heavy atom. The van der Waals surface area contributed by atoms with Gasteiger partial charge in [0.1, 0.15) is 11.3 Å². The van der Waals surface area contributed by atoms with E-state index < -0.39 is 18.6 Å². The van der Waals surface area contributed by atoms with Crippen molar-refractivity contribution in [2.45, 2.75) is 38.8 Å². The summed E-state index contributed by atoms with van der Waals surface area (Å²) in [6.45, 7) is 0.774. The molecule has 0 bridgehead atoms. The third-order valence-electron chi connectivity index (χ3n) is 2.86. The summed E-state index contributed by atoms with van der Waals surface area (Å²) in [7, 11) is 0. The maximum Gasteiger partial charge on any atom is 0.387 e. The molecular weight excluding hydrogens is 262 g/mol. The average Bonchev–Trinajstić information content (AvgIpc) is 2.35. The van der Waals surface area contributed by atoms with Crippen LogP contribution in [0.3, 0.4) is 0 Å². The molecule has 0 aliphatic rings. The first-order valence-corrected chi connectivity index (χ1v) is 5.98. The summed E-state index contributed by atoms with van der Waals surface area (Å²) in [5, 5.41) is 2.78. The molecule has 1 atom stereocenters. The van der Waals surface area contributed by atoms with Gasteiger partial charge in [0.2, 0.25) is 0 Å². The van der Waals surface area contributed by atoms with Crippen LogP contribution in [0, 0.1) is 0 Å². The molecule has 0 aliphatic heterocycles. The molecule has 1 unspecified atom stereocenters. The average molecular weight is 279 g/mol. The first-order chi connectivity index (χ1) is 8.90. The SMILES string of the molecule is CCCNC(C)(c1ccc(OC(F)F)cc1)C(F)F. The van der Waals surface area contributed by atoms with Gasteiger partial charge in [-0.2, -0.15) is 8.78 Å². The number of nitrogens with one attached hydrogen (secondary N) is 1. The van der Waals surface area contributed by atoms with Crippen LogP contribution in [-0.4, -0.2) is 19.6 Å². The second-order valence-corrected chi connectivity index (χ2v) is 4.33. The Labute approximate surface area is 109 Å². The maximum absolute atomic E-state index is 13.2. The Balaban J connectivity index is 2.91. The van der Waals surface area contributed by atoms with E-state index in [0.29, 0.717) is 12.1 Å². The first-order valence-electron chi connectivity index (χ1n) is 5.98. The molecule has 1 rings (SSSR count). The summed E-state index contributed by atoms with van der Waals surface area (Å²) in [4.78, 5) is 0. The molecule has 6 heteroatoms. The standard InChI is InChI=1S/C13H17F4NO/c1-3-8-18-13(2,11(14)15)9-4-6-10(7-5-9)19-12(16)17/h4-7,11-12,18H,3,8H2,1-2H3. The molecule has 0 fully saturated rings. The van der Waals surface area contributed by atoms with Crippen LogP contribution < -0.4 is 10.1 Å². The normalized spacial score (nSPS) is 14.7. The second-order valence-electron chi connectivity index (χ2n) is 4.33. The molecule has 1 N–H and O–H groups in total. The van der Waals surface area contributed by atoms with Crippen molar-refractivity contribution in [1.29, 1.82) is 0 Å². The van der Waals surface area contributed by atoms with Crippen molar-refractivity contribution in [2.24, 2.45) is 0 Å². The molecule has 0 saturated carbocycles. The lowest BCUT2D eigenvalue weighted by Crippen LogP contribution is -2.46. The summed E-state index contributed by atoms with van der Waals surface area (Å²) in [6, 6.07) is 5.25. The van der Waals surface area contributed by atoms with Crippen molar-refractivity contribution >= 4 is 0 Å². The predicted molar refractivity (Wildman–Crippen MR) is 64.7 cm³/mol. The number of hydrogen-bond donors (Lipinski definition) is 1. The van der Waals surface area contributed by atoms with E-state index in [1.807, 2.05) is 6.92 Å². The van der Waals surface area contributed by atoms with Gasteiger partial charge >= 0.3 is 6.61 Å². The van der Waals surface area contributed by atoms with Gasteiger partial charge in [0.25, 0.3) is 6.43 Å². The Hall–Kier alpha value is -1.30. The minimum absolute atomic E-state index is 0.0501. The quantitative estimate of drug-likeness (QED) is 0.767. The highest BCUT2D eigenvalue weighted by molar-refractivity contribution is 5.32. The van der Waals surface area contributed by atoms with Crippen LogP contribution >= 0.6 is 0 Å². The molecule has 0 spiro atoms. The highest BCUT2D eigenvalue weighted by Gasteiger charge is 2.36. The van der Waals surface area contributed by atoms with Crippen LogP contribution in [0.15, 0.2) is 24.3 Å². The second kappa shape index (κ2) is 6.75. The van der Waals surface area contributed by atoms with Crippen LogP contribution in [0.2, 0.25) is 0 Å². The molecule has 0 aliphatic carbocycles. The van der Waals surface area contributed by atoms with Crippen molar-refractivity contribution < 1.29 is 22.3 Å². The highest BCUT2D eigenvalue weighted by Crippen LogP contribution is 2.29. The van der Waals surface area contributed by atoms with Crippen LogP contribution in [-0.2, 0) is 5.54 Å². The number of halogens is 4. The molecule has 0 aromatic heterocycles. The molecule has 0 heterocycles. The molecule has 0 radical (unpaired) electrons. The Kier molecular flexibility index (Phi) is 5.60. The van der Waals surface area contributed by atoms with Gasteiger partial charge in [0.05, 0.1) is 0 Å². The van der Waals surface area contributed by atoms with Gasteiger partial charge in [-0.15, -0.1) is 0 Å². The Morgan fingerprint density at radius 3 is 2.16 bits per heavy atom. The topological polar surface area (TPSA) is 21.3 Å². The van der Waals surface area contributed by atoms with Gasteiger partial charge in [-0.3, -0.25) is 0 Å². The van der Waals surface area contributed by atoms with E-state index in [0.717, 1.165) is 6.42 Å². The maximum atomic E-state index is 13.2. The molecule has 1 aromatic rings. The number of rotatable bonds is 7. The zero-order valence-electron chi connectivity index (χ0n) is 10.8. The summed E-state index contributed by atoms with van der Waals surface area (Å²) in [6.07, 6.45) is -1.89. The fraction of sp³-hybridized carbons (Fsp3) is 0.538. The van der Waals surface area contributed by atoms with Crippen molar-refractivity contribution in [3.05, 3.63) is 29.8 Å².